The van der Waals surface area contributed by atoms with E-state index in [9.17, 15) is 26.3 Å². The summed E-state index contributed by atoms with van der Waals surface area (Å²) in [6, 6.07) is 31.1. The Morgan fingerprint density at radius 1 is 0.560 bits per heavy atom. The van der Waals surface area contributed by atoms with Gasteiger partial charge in [-0.2, -0.15) is 38.5 Å². The molecule has 6 aromatic carbocycles. The zero-order valence-corrected chi connectivity index (χ0v) is 33.5. The summed E-state index contributed by atoms with van der Waals surface area (Å²) in [6.45, 7) is 12.8. The van der Waals surface area contributed by atoms with Crippen LogP contribution in [0.3, 0.4) is 0 Å². The summed E-state index contributed by atoms with van der Waals surface area (Å²) >= 11 is -0.826. The summed E-state index contributed by atoms with van der Waals surface area (Å²) in [5.74, 6) is 0.848. The molecule has 2 radical (unpaired) electrons. The molecule has 0 unspecified atom stereocenters. The Hall–Kier alpha value is -2.64. The molecule has 0 aromatic heterocycles. The monoisotopic (exact) mass is 820 g/mol. The van der Waals surface area contributed by atoms with Gasteiger partial charge in [0.2, 0.25) is 0 Å². The van der Waals surface area contributed by atoms with Crippen molar-refractivity contribution in [2.75, 3.05) is 0 Å². The Kier molecular flexibility index (Phi) is 15.7. The summed E-state index contributed by atoms with van der Waals surface area (Å²) in [6.07, 6.45) is -8.59. The van der Waals surface area contributed by atoms with Crippen LogP contribution < -0.4 is 0 Å². The average Bonchev–Trinajstić information content (AvgIpc) is 3.71. The number of fused-ring (bicyclic) bond motifs is 2. The van der Waals surface area contributed by atoms with Gasteiger partial charge in [-0.1, -0.05) is 88.3 Å². The Labute approximate surface area is 312 Å². The van der Waals surface area contributed by atoms with Gasteiger partial charge in [0.05, 0.1) is 11.1 Å². The Bertz CT molecular complexity index is 1780. The number of hydrogen-bond donors (Lipinski definition) is 0. The van der Waals surface area contributed by atoms with Crippen molar-refractivity contribution in [1.82, 2.24) is 0 Å². The first-order valence-electron chi connectivity index (χ1n) is 15.8. The average molecular weight is 823 g/mol. The van der Waals surface area contributed by atoms with Crippen molar-refractivity contribution >= 4 is 48.1 Å². The van der Waals surface area contributed by atoms with Crippen LogP contribution in [0, 0.1) is 0 Å². The van der Waals surface area contributed by atoms with Gasteiger partial charge in [-0.15, -0.1) is 69.1 Å². The fraction of sp³-hybridized carbons (Fsp3) is 0.250. The van der Waals surface area contributed by atoms with Crippen molar-refractivity contribution in [2.45, 2.75) is 65.0 Å². The third kappa shape index (κ3) is 11.2. The van der Waals surface area contributed by atoms with Gasteiger partial charge in [-0.05, 0) is 47.2 Å². The summed E-state index contributed by atoms with van der Waals surface area (Å²) in [5.41, 5.74) is 4.81. The van der Waals surface area contributed by atoms with Crippen LogP contribution in [-0.2, 0) is 33.2 Å². The first-order chi connectivity index (χ1) is 23.5. The zero-order chi connectivity index (χ0) is 37.2. The van der Waals surface area contributed by atoms with Gasteiger partial charge in [0.15, 0.2) is 0 Å². The van der Waals surface area contributed by atoms with Crippen molar-refractivity contribution in [1.29, 1.82) is 0 Å². The molecule has 6 rings (SSSR count). The normalized spacial score (nSPS) is 11.4. The molecule has 262 valence electrons. The molecule has 0 N–H and O–H groups in total. The maximum atomic E-state index is 12.7. The van der Waals surface area contributed by atoms with Crippen molar-refractivity contribution < 1.29 is 47.2 Å². The number of halogens is 8. The van der Waals surface area contributed by atoms with Crippen LogP contribution in [-0.4, -0.2) is 9.52 Å². The predicted molar refractivity (Wildman–Crippen MR) is 197 cm³/mol. The second-order valence-corrected chi connectivity index (χ2v) is 17.0. The summed E-state index contributed by atoms with van der Waals surface area (Å²) in [5, 5.41) is 4.43. The molecule has 0 fully saturated rings. The van der Waals surface area contributed by atoms with Gasteiger partial charge in [0.1, 0.15) is 0 Å². The van der Waals surface area contributed by atoms with E-state index in [1.54, 1.807) is 24.3 Å². The Morgan fingerprint density at radius 2 is 0.860 bits per heavy atom. The van der Waals surface area contributed by atoms with E-state index in [0.717, 1.165) is 77.6 Å². The quantitative estimate of drug-likeness (QED) is 0.0944. The van der Waals surface area contributed by atoms with Crippen LogP contribution in [0.25, 0.3) is 43.8 Å². The number of alkyl halides is 6. The summed E-state index contributed by atoms with van der Waals surface area (Å²) < 4.78 is 76.0. The minimum absolute atomic E-state index is 0.424. The van der Waals surface area contributed by atoms with Crippen LogP contribution >= 0.6 is 17.0 Å². The standard InChI is InChI=1S/2C19H16F3.C2H6Si.2ClH.Zr/c2*1-12(2)15-10-14-4-3-5-17(18(14)11-15)13-6-8-16(9-7-13)19(20,21)22;1-3-2;;;/h2*3-12H,1-2H3;1-2H3;2*1H;/q2*-1;;;;+4/p-2. The molecule has 0 saturated carbocycles. The molecule has 0 nitrogen and oxygen atoms in total. The topological polar surface area (TPSA) is 0 Å². The van der Waals surface area contributed by atoms with Crippen LogP contribution in [0.2, 0.25) is 13.1 Å². The van der Waals surface area contributed by atoms with Crippen molar-refractivity contribution in [3.8, 4) is 22.3 Å². The fourth-order valence-corrected chi connectivity index (χ4v) is 5.36. The SMILES string of the molecule is CC(C)c1cc2c(-c3ccc(C(F)(F)F)cc3)cccc2[cH-]1.CC(C)c1cc2c(-c3ccc(C(F)(F)F)cc3)cccc2[cH-]1.C[Si]C.[Cl][Zr+2][Cl]. The van der Waals surface area contributed by atoms with E-state index >= 15 is 0 Å². The molecular formula is C40H38Cl2F6SiZr. The van der Waals surface area contributed by atoms with Crippen LogP contribution in [0.5, 0.6) is 0 Å². The van der Waals surface area contributed by atoms with Crippen molar-refractivity contribution in [3.63, 3.8) is 0 Å². The summed E-state index contributed by atoms with van der Waals surface area (Å²) in [4.78, 5) is 0. The Balaban J connectivity index is 0.000000234. The molecule has 0 atom stereocenters. The summed E-state index contributed by atoms with van der Waals surface area (Å²) in [7, 11) is 11.0. The molecule has 0 heterocycles. The number of rotatable bonds is 4. The molecule has 0 spiro atoms. The molecule has 0 bridgehead atoms. The van der Waals surface area contributed by atoms with Gasteiger partial charge in [-0.3, -0.25) is 0 Å². The van der Waals surface area contributed by atoms with Crippen LogP contribution in [0.4, 0.5) is 26.3 Å². The number of hydrogen-bond acceptors (Lipinski definition) is 0. The van der Waals surface area contributed by atoms with Gasteiger partial charge >= 0.3 is 50.2 Å². The van der Waals surface area contributed by atoms with E-state index in [2.05, 4.69) is 65.1 Å². The van der Waals surface area contributed by atoms with Crippen LogP contribution in [0.15, 0.2) is 109 Å². The fourth-order valence-electron chi connectivity index (χ4n) is 5.36. The number of benzene rings is 4. The van der Waals surface area contributed by atoms with Crippen molar-refractivity contribution in [2.24, 2.45) is 0 Å². The molecule has 50 heavy (non-hydrogen) atoms. The van der Waals surface area contributed by atoms with Gasteiger partial charge in [0.25, 0.3) is 0 Å². The van der Waals surface area contributed by atoms with E-state index in [1.807, 2.05) is 36.4 Å². The third-order valence-corrected chi connectivity index (χ3v) is 7.93. The Morgan fingerprint density at radius 3 is 1.12 bits per heavy atom. The van der Waals surface area contributed by atoms with Crippen molar-refractivity contribution in [3.05, 3.63) is 131 Å². The molecule has 6 aromatic rings. The van der Waals surface area contributed by atoms with Crippen LogP contribution in [0.1, 0.15) is 61.8 Å². The first kappa shape index (κ1) is 41.8. The third-order valence-electron chi connectivity index (χ3n) is 7.93. The molecule has 10 heteroatoms. The minimum atomic E-state index is -4.30. The molecule has 0 aliphatic rings. The van der Waals surface area contributed by atoms with E-state index in [4.69, 9.17) is 17.0 Å². The van der Waals surface area contributed by atoms with Gasteiger partial charge in [0, 0.05) is 9.52 Å². The van der Waals surface area contributed by atoms with E-state index in [0.29, 0.717) is 11.8 Å². The zero-order valence-electron chi connectivity index (χ0n) is 28.6. The van der Waals surface area contributed by atoms with E-state index in [1.165, 1.54) is 11.1 Å². The van der Waals surface area contributed by atoms with E-state index < -0.39 is 44.3 Å². The molecule has 0 aliphatic heterocycles. The molecule has 0 amide bonds. The first-order valence-corrected chi connectivity index (χ1v) is 24.2. The predicted octanol–water partition coefficient (Wildman–Crippen LogP) is 14.9. The molecule has 0 saturated heterocycles. The van der Waals surface area contributed by atoms with Gasteiger partial charge in [-0.25, -0.2) is 0 Å². The maximum absolute atomic E-state index is 12.7. The molecule has 0 aliphatic carbocycles. The van der Waals surface area contributed by atoms with E-state index in [-0.39, 0.29) is 0 Å². The second kappa shape index (κ2) is 18.7. The second-order valence-electron chi connectivity index (χ2n) is 12.2. The van der Waals surface area contributed by atoms with Gasteiger partial charge < -0.3 is 0 Å². The molecular weight excluding hydrogens is 785 g/mol.